The first-order chi connectivity index (χ1) is 11.9. The zero-order chi connectivity index (χ0) is 18.4. The number of hydrogen-bond acceptors (Lipinski definition) is 5. The van der Waals surface area contributed by atoms with Crippen molar-refractivity contribution < 1.29 is 23.9 Å². The number of nitrogens with zero attached hydrogens (tertiary/aromatic N) is 1. The van der Waals surface area contributed by atoms with Crippen molar-refractivity contribution in [2.45, 2.75) is 32.3 Å². The summed E-state index contributed by atoms with van der Waals surface area (Å²) >= 11 is 3.30. The molecule has 25 heavy (non-hydrogen) atoms. The molecule has 134 valence electrons. The Labute approximate surface area is 153 Å². The number of rotatable bonds is 6. The van der Waals surface area contributed by atoms with Crippen molar-refractivity contribution in [3.05, 3.63) is 28.7 Å². The minimum Gasteiger partial charge on any atom is -0.481 e. The zero-order valence-corrected chi connectivity index (χ0v) is 15.2. The third-order valence-corrected chi connectivity index (χ3v) is 4.01. The quantitative estimate of drug-likeness (QED) is 0.534. The standard InChI is InChI=1S/C16H18BrN3O5/c1-10(25-12-4-2-3-11(17)9-12)16(24)19-18-13(21)7-8-20-14(22)5-6-15(20)23/h2-4,9-10H,5-8H2,1H3,(H,18,21)(H,19,24)/t10-/m1/s1. The Hall–Kier alpha value is -2.42. The number of nitrogens with one attached hydrogen (secondary N) is 2. The highest BCUT2D eigenvalue weighted by atomic mass is 79.9. The molecule has 1 aromatic rings. The average molecular weight is 412 g/mol. The molecule has 1 fully saturated rings. The molecule has 1 aliphatic rings. The van der Waals surface area contributed by atoms with Crippen molar-refractivity contribution in [1.29, 1.82) is 0 Å². The molecule has 1 aromatic carbocycles. The van der Waals surface area contributed by atoms with E-state index < -0.39 is 17.9 Å². The van der Waals surface area contributed by atoms with Gasteiger partial charge in [-0.1, -0.05) is 22.0 Å². The molecule has 0 saturated carbocycles. The summed E-state index contributed by atoms with van der Waals surface area (Å²) in [5.74, 6) is -1.08. The van der Waals surface area contributed by atoms with Crippen LogP contribution in [0.1, 0.15) is 26.2 Å². The van der Waals surface area contributed by atoms with Gasteiger partial charge in [-0.2, -0.15) is 0 Å². The van der Waals surface area contributed by atoms with Crippen LogP contribution in [0.5, 0.6) is 5.75 Å². The van der Waals surface area contributed by atoms with Gasteiger partial charge in [-0.05, 0) is 25.1 Å². The molecule has 1 saturated heterocycles. The summed E-state index contributed by atoms with van der Waals surface area (Å²) in [5, 5.41) is 0. The fourth-order valence-electron chi connectivity index (χ4n) is 2.18. The molecule has 0 radical (unpaired) electrons. The van der Waals surface area contributed by atoms with Gasteiger partial charge >= 0.3 is 0 Å². The van der Waals surface area contributed by atoms with E-state index in [9.17, 15) is 19.2 Å². The summed E-state index contributed by atoms with van der Waals surface area (Å²) in [6, 6.07) is 7.02. The first-order valence-corrected chi connectivity index (χ1v) is 8.50. The summed E-state index contributed by atoms with van der Waals surface area (Å²) in [5.41, 5.74) is 4.49. The Morgan fingerprint density at radius 2 is 1.92 bits per heavy atom. The number of hydrogen-bond donors (Lipinski definition) is 2. The van der Waals surface area contributed by atoms with Gasteiger partial charge in [0.2, 0.25) is 17.7 Å². The summed E-state index contributed by atoms with van der Waals surface area (Å²) in [7, 11) is 0. The number of benzene rings is 1. The van der Waals surface area contributed by atoms with Gasteiger partial charge in [0.1, 0.15) is 5.75 Å². The Morgan fingerprint density at radius 1 is 1.24 bits per heavy atom. The van der Waals surface area contributed by atoms with Gasteiger partial charge in [-0.3, -0.25) is 34.9 Å². The van der Waals surface area contributed by atoms with Gasteiger partial charge in [0.05, 0.1) is 0 Å². The predicted molar refractivity (Wildman–Crippen MR) is 91.1 cm³/mol. The molecular weight excluding hydrogens is 394 g/mol. The van der Waals surface area contributed by atoms with Crippen LogP contribution in [0.4, 0.5) is 0 Å². The lowest BCUT2D eigenvalue weighted by molar-refractivity contribution is -0.139. The topological polar surface area (TPSA) is 105 Å². The maximum absolute atomic E-state index is 11.9. The molecule has 1 atom stereocenters. The van der Waals surface area contributed by atoms with Crippen molar-refractivity contribution in [1.82, 2.24) is 15.8 Å². The Kier molecular flexibility index (Phi) is 6.51. The molecule has 0 spiro atoms. The number of ether oxygens (including phenoxy) is 1. The highest BCUT2D eigenvalue weighted by molar-refractivity contribution is 9.10. The minimum atomic E-state index is -0.823. The van der Waals surface area contributed by atoms with Crippen LogP contribution in [0.2, 0.25) is 0 Å². The van der Waals surface area contributed by atoms with E-state index in [1.165, 1.54) is 0 Å². The molecular formula is C16H18BrN3O5. The highest BCUT2D eigenvalue weighted by Gasteiger charge is 2.28. The Bertz CT molecular complexity index is 678. The summed E-state index contributed by atoms with van der Waals surface area (Å²) < 4.78 is 6.28. The van der Waals surface area contributed by atoms with Crippen LogP contribution < -0.4 is 15.6 Å². The van der Waals surface area contributed by atoms with Crippen LogP contribution in [-0.2, 0) is 19.2 Å². The SMILES string of the molecule is C[C@@H](Oc1cccc(Br)c1)C(=O)NNC(=O)CCN1C(=O)CCC1=O. The van der Waals surface area contributed by atoms with Crippen molar-refractivity contribution in [3.63, 3.8) is 0 Å². The second kappa shape index (κ2) is 8.61. The molecule has 9 heteroatoms. The maximum Gasteiger partial charge on any atom is 0.279 e. The number of hydrazine groups is 1. The van der Waals surface area contributed by atoms with E-state index in [0.29, 0.717) is 5.75 Å². The molecule has 0 bridgehead atoms. The van der Waals surface area contributed by atoms with E-state index in [1.54, 1.807) is 25.1 Å². The van der Waals surface area contributed by atoms with Crippen LogP contribution in [0.25, 0.3) is 0 Å². The minimum absolute atomic E-state index is 0.00344. The van der Waals surface area contributed by atoms with Crippen molar-refractivity contribution in [2.75, 3.05) is 6.54 Å². The van der Waals surface area contributed by atoms with Crippen molar-refractivity contribution in [3.8, 4) is 5.75 Å². The van der Waals surface area contributed by atoms with E-state index in [0.717, 1.165) is 9.37 Å². The molecule has 8 nitrogen and oxygen atoms in total. The van der Waals surface area contributed by atoms with Crippen LogP contribution >= 0.6 is 15.9 Å². The monoisotopic (exact) mass is 411 g/mol. The molecule has 0 aromatic heterocycles. The number of carbonyl (C=O) groups is 4. The normalized spacial score (nSPS) is 15.0. The van der Waals surface area contributed by atoms with Crippen LogP contribution in [0.3, 0.4) is 0 Å². The summed E-state index contributed by atoms with van der Waals surface area (Å²) in [6.45, 7) is 1.55. The van der Waals surface area contributed by atoms with Crippen molar-refractivity contribution in [2.24, 2.45) is 0 Å². The molecule has 2 rings (SSSR count). The smallest absolute Gasteiger partial charge is 0.279 e. The molecule has 0 aliphatic carbocycles. The number of halogens is 1. The van der Waals surface area contributed by atoms with Gasteiger partial charge < -0.3 is 4.74 Å². The zero-order valence-electron chi connectivity index (χ0n) is 13.6. The van der Waals surface area contributed by atoms with Crippen LogP contribution in [0, 0.1) is 0 Å². The first kappa shape index (κ1) is 18.9. The predicted octanol–water partition coefficient (Wildman–Crippen LogP) is 0.903. The van der Waals surface area contributed by atoms with E-state index in [4.69, 9.17) is 4.74 Å². The average Bonchev–Trinajstić information content (AvgIpc) is 2.89. The van der Waals surface area contributed by atoms with Gasteiger partial charge in [0.15, 0.2) is 6.10 Å². The molecule has 1 aliphatic heterocycles. The first-order valence-electron chi connectivity index (χ1n) is 7.71. The molecule has 4 amide bonds. The largest absolute Gasteiger partial charge is 0.481 e. The maximum atomic E-state index is 11.9. The third-order valence-electron chi connectivity index (χ3n) is 3.52. The Morgan fingerprint density at radius 3 is 2.56 bits per heavy atom. The second-order valence-corrected chi connectivity index (χ2v) is 6.36. The van der Waals surface area contributed by atoms with E-state index in [-0.39, 0.29) is 37.6 Å². The summed E-state index contributed by atoms with van der Waals surface area (Å²) in [6.07, 6.45) is -0.543. The van der Waals surface area contributed by atoms with Gasteiger partial charge in [-0.15, -0.1) is 0 Å². The van der Waals surface area contributed by atoms with E-state index in [2.05, 4.69) is 26.8 Å². The molecule has 0 unspecified atom stereocenters. The number of carbonyl (C=O) groups excluding carboxylic acids is 4. The lowest BCUT2D eigenvalue weighted by Gasteiger charge is -2.16. The van der Waals surface area contributed by atoms with E-state index in [1.807, 2.05) is 6.07 Å². The fraction of sp³-hybridized carbons (Fsp3) is 0.375. The highest BCUT2D eigenvalue weighted by Crippen LogP contribution is 2.18. The van der Waals surface area contributed by atoms with Crippen LogP contribution in [-0.4, -0.2) is 41.2 Å². The fourth-order valence-corrected chi connectivity index (χ4v) is 2.56. The molecule has 1 heterocycles. The van der Waals surface area contributed by atoms with Crippen LogP contribution in [0.15, 0.2) is 28.7 Å². The van der Waals surface area contributed by atoms with Gasteiger partial charge in [0, 0.05) is 30.3 Å². The lowest BCUT2D eigenvalue weighted by Crippen LogP contribution is -2.48. The van der Waals surface area contributed by atoms with Gasteiger partial charge in [0.25, 0.3) is 5.91 Å². The number of likely N-dealkylation sites (tertiary alicyclic amines) is 1. The number of amides is 4. The van der Waals surface area contributed by atoms with Crippen molar-refractivity contribution >= 4 is 39.6 Å². The number of imide groups is 1. The second-order valence-electron chi connectivity index (χ2n) is 5.44. The molecule has 2 N–H and O–H groups in total. The summed E-state index contributed by atoms with van der Waals surface area (Å²) in [4.78, 5) is 47.6. The lowest BCUT2D eigenvalue weighted by atomic mass is 10.3. The van der Waals surface area contributed by atoms with Gasteiger partial charge in [-0.25, -0.2) is 0 Å². The van der Waals surface area contributed by atoms with E-state index >= 15 is 0 Å². The third kappa shape index (κ3) is 5.56. The Balaban J connectivity index is 1.72.